The number of nitrogen functional groups attached to an aromatic ring is 1. The van der Waals surface area contributed by atoms with Crippen molar-refractivity contribution < 1.29 is 13.6 Å². The largest absolute Gasteiger partial charge is 0.289 e. The summed E-state index contributed by atoms with van der Waals surface area (Å²) >= 11 is 0. The molecule has 5 nitrogen and oxygen atoms in total. The highest BCUT2D eigenvalue weighted by Crippen LogP contribution is 2.22. The van der Waals surface area contributed by atoms with Crippen LogP contribution in [0.2, 0.25) is 0 Å². The highest BCUT2D eigenvalue weighted by Gasteiger charge is 2.17. The van der Waals surface area contributed by atoms with E-state index in [1.54, 1.807) is 6.07 Å². The molecule has 0 unspecified atom stereocenters. The Kier molecular flexibility index (Phi) is 3.79. The van der Waals surface area contributed by atoms with Gasteiger partial charge in [0.2, 0.25) is 0 Å². The molecule has 118 valence electrons. The minimum Gasteiger partial charge on any atom is -0.289 e. The number of amides is 1. The number of carbonyl (C=O) groups excluding carboxylic acids is 1. The minimum absolute atomic E-state index is 0.0729. The number of hydrazine groups is 1. The molecule has 3 rings (SSSR count). The van der Waals surface area contributed by atoms with Gasteiger partial charge < -0.3 is 0 Å². The lowest BCUT2D eigenvalue weighted by Gasteiger charge is -2.05. The summed E-state index contributed by atoms with van der Waals surface area (Å²) in [6.07, 6.45) is 0. The van der Waals surface area contributed by atoms with Crippen LogP contribution >= 0.6 is 0 Å². The molecule has 7 heteroatoms. The molecule has 3 aromatic rings. The van der Waals surface area contributed by atoms with Crippen LogP contribution in [0, 0.1) is 18.6 Å². The van der Waals surface area contributed by atoms with E-state index in [2.05, 4.69) is 10.5 Å². The van der Waals surface area contributed by atoms with Gasteiger partial charge in [-0.1, -0.05) is 17.7 Å². The Hall–Kier alpha value is -2.80. The maximum atomic E-state index is 13.9. The Balaban J connectivity index is 2.12. The number of nitrogens with zero attached hydrogens (tertiary/aromatic N) is 2. The van der Waals surface area contributed by atoms with E-state index < -0.39 is 17.5 Å². The van der Waals surface area contributed by atoms with E-state index in [0.717, 1.165) is 11.6 Å². The lowest BCUT2D eigenvalue weighted by Crippen LogP contribution is -2.30. The van der Waals surface area contributed by atoms with Crippen molar-refractivity contribution in [1.29, 1.82) is 0 Å². The molecule has 0 fully saturated rings. The molecule has 0 aliphatic heterocycles. The summed E-state index contributed by atoms with van der Waals surface area (Å²) in [7, 11) is 0. The fourth-order valence-corrected chi connectivity index (χ4v) is 2.46. The molecule has 1 heterocycles. The summed E-state index contributed by atoms with van der Waals surface area (Å²) in [5.41, 5.74) is 4.10. The SMILES string of the molecule is Cc1ccc2c(c1)c(C(=O)NN)nn2Cc1ccc(F)cc1F. The van der Waals surface area contributed by atoms with Gasteiger partial charge in [0.1, 0.15) is 11.6 Å². The van der Waals surface area contributed by atoms with Crippen molar-refractivity contribution >= 4 is 16.8 Å². The summed E-state index contributed by atoms with van der Waals surface area (Å²) in [5.74, 6) is 3.35. The first-order valence-corrected chi connectivity index (χ1v) is 6.91. The van der Waals surface area contributed by atoms with Gasteiger partial charge in [-0.25, -0.2) is 14.6 Å². The lowest BCUT2D eigenvalue weighted by atomic mass is 10.1. The number of halogens is 2. The van der Waals surface area contributed by atoms with Crippen LogP contribution in [-0.4, -0.2) is 15.7 Å². The molecule has 1 amide bonds. The maximum absolute atomic E-state index is 13.9. The average Bonchev–Trinajstić information content (AvgIpc) is 2.87. The number of carbonyl (C=O) groups is 1. The van der Waals surface area contributed by atoms with Gasteiger partial charge in [0.25, 0.3) is 5.91 Å². The molecule has 23 heavy (non-hydrogen) atoms. The van der Waals surface area contributed by atoms with Gasteiger partial charge in [0.15, 0.2) is 5.69 Å². The van der Waals surface area contributed by atoms with E-state index in [4.69, 9.17) is 5.84 Å². The van der Waals surface area contributed by atoms with Crippen LogP contribution in [0.5, 0.6) is 0 Å². The van der Waals surface area contributed by atoms with Crippen molar-refractivity contribution in [3.8, 4) is 0 Å². The third-order valence-corrected chi connectivity index (χ3v) is 3.59. The molecule has 0 bridgehead atoms. The fraction of sp³-hybridized carbons (Fsp3) is 0.125. The normalized spacial score (nSPS) is 11.0. The molecule has 0 spiro atoms. The monoisotopic (exact) mass is 316 g/mol. The van der Waals surface area contributed by atoms with Crippen LogP contribution in [0.25, 0.3) is 10.9 Å². The van der Waals surface area contributed by atoms with E-state index in [9.17, 15) is 13.6 Å². The number of fused-ring (bicyclic) bond motifs is 1. The van der Waals surface area contributed by atoms with Crippen LogP contribution in [0.4, 0.5) is 8.78 Å². The summed E-state index contributed by atoms with van der Waals surface area (Å²) in [6.45, 7) is 1.96. The number of aryl methyl sites for hydroxylation is 1. The molecule has 0 atom stereocenters. The van der Waals surface area contributed by atoms with Crippen molar-refractivity contribution in [2.24, 2.45) is 5.84 Å². The molecule has 0 aliphatic rings. The minimum atomic E-state index is -0.661. The van der Waals surface area contributed by atoms with Crippen LogP contribution in [0.15, 0.2) is 36.4 Å². The lowest BCUT2D eigenvalue weighted by molar-refractivity contribution is 0.0949. The van der Waals surface area contributed by atoms with Gasteiger partial charge in [-0.05, 0) is 25.1 Å². The highest BCUT2D eigenvalue weighted by molar-refractivity contribution is 6.04. The predicted octanol–water partition coefficient (Wildman–Crippen LogP) is 2.27. The average molecular weight is 316 g/mol. The maximum Gasteiger partial charge on any atom is 0.286 e. The molecular weight excluding hydrogens is 302 g/mol. The first-order valence-electron chi connectivity index (χ1n) is 6.91. The van der Waals surface area contributed by atoms with Gasteiger partial charge in [-0.2, -0.15) is 5.10 Å². The fourth-order valence-electron chi connectivity index (χ4n) is 2.46. The summed E-state index contributed by atoms with van der Waals surface area (Å²) in [6, 6.07) is 8.83. The highest BCUT2D eigenvalue weighted by atomic mass is 19.1. The van der Waals surface area contributed by atoms with E-state index in [1.165, 1.54) is 16.8 Å². The van der Waals surface area contributed by atoms with Gasteiger partial charge in [0.05, 0.1) is 12.1 Å². The number of hydrogen-bond acceptors (Lipinski definition) is 3. The molecule has 2 aromatic carbocycles. The Morgan fingerprint density at radius 3 is 2.74 bits per heavy atom. The summed E-state index contributed by atoms with van der Waals surface area (Å²) < 4.78 is 28.4. The second-order valence-electron chi connectivity index (χ2n) is 5.24. The molecule has 1 aromatic heterocycles. The number of rotatable bonds is 3. The second kappa shape index (κ2) is 5.77. The van der Waals surface area contributed by atoms with Crippen molar-refractivity contribution in [1.82, 2.24) is 15.2 Å². The van der Waals surface area contributed by atoms with Crippen LogP contribution < -0.4 is 11.3 Å². The van der Waals surface area contributed by atoms with Crippen molar-refractivity contribution in [2.75, 3.05) is 0 Å². The first-order chi connectivity index (χ1) is 11.0. The molecule has 0 saturated carbocycles. The predicted molar refractivity (Wildman–Crippen MR) is 81.6 cm³/mol. The third kappa shape index (κ3) is 2.78. The van der Waals surface area contributed by atoms with E-state index in [1.807, 2.05) is 19.1 Å². The van der Waals surface area contributed by atoms with Crippen molar-refractivity contribution in [3.05, 3.63) is 64.9 Å². The Bertz CT molecular complexity index is 904. The standard InChI is InChI=1S/C16H14F2N4O/c1-9-2-5-14-12(6-9)15(16(23)20-19)21-22(14)8-10-3-4-11(17)7-13(10)18/h2-7H,8,19H2,1H3,(H,20,23). The molecule has 0 saturated heterocycles. The van der Waals surface area contributed by atoms with Gasteiger partial charge in [-0.15, -0.1) is 0 Å². The van der Waals surface area contributed by atoms with E-state index >= 15 is 0 Å². The topological polar surface area (TPSA) is 72.9 Å². The smallest absolute Gasteiger partial charge is 0.286 e. The van der Waals surface area contributed by atoms with Crippen LogP contribution in [-0.2, 0) is 6.54 Å². The van der Waals surface area contributed by atoms with Gasteiger partial charge in [-0.3, -0.25) is 14.9 Å². The van der Waals surface area contributed by atoms with Crippen LogP contribution in [0.3, 0.4) is 0 Å². The van der Waals surface area contributed by atoms with Gasteiger partial charge >= 0.3 is 0 Å². The number of hydrogen-bond donors (Lipinski definition) is 2. The molecule has 3 N–H and O–H groups in total. The quantitative estimate of drug-likeness (QED) is 0.442. The molecule has 0 radical (unpaired) electrons. The Labute approximate surface area is 130 Å². The second-order valence-corrected chi connectivity index (χ2v) is 5.24. The molecular formula is C16H14F2N4O. The Morgan fingerprint density at radius 1 is 1.26 bits per heavy atom. The Morgan fingerprint density at radius 2 is 2.04 bits per heavy atom. The van der Waals surface area contributed by atoms with Crippen molar-refractivity contribution in [3.63, 3.8) is 0 Å². The van der Waals surface area contributed by atoms with Crippen LogP contribution in [0.1, 0.15) is 21.6 Å². The van der Waals surface area contributed by atoms with E-state index in [-0.39, 0.29) is 17.8 Å². The summed E-state index contributed by atoms with van der Waals surface area (Å²) in [5, 5.41) is 4.85. The zero-order chi connectivity index (χ0) is 16.6. The number of benzene rings is 2. The zero-order valence-electron chi connectivity index (χ0n) is 12.3. The van der Waals surface area contributed by atoms with E-state index in [0.29, 0.717) is 10.9 Å². The number of nitrogens with one attached hydrogen (secondary N) is 1. The number of nitrogens with two attached hydrogens (primary N) is 1. The van der Waals surface area contributed by atoms with Crippen molar-refractivity contribution in [2.45, 2.75) is 13.5 Å². The summed E-state index contributed by atoms with van der Waals surface area (Å²) in [4.78, 5) is 11.9. The molecule has 0 aliphatic carbocycles. The zero-order valence-corrected chi connectivity index (χ0v) is 12.3. The third-order valence-electron chi connectivity index (χ3n) is 3.59. The number of aromatic nitrogens is 2. The van der Waals surface area contributed by atoms with Gasteiger partial charge in [0, 0.05) is 17.0 Å². The first kappa shape index (κ1) is 15.1.